The van der Waals surface area contributed by atoms with Crippen molar-refractivity contribution in [1.82, 2.24) is 19.5 Å². The van der Waals surface area contributed by atoms with Gasteiger partial charge in [-0.2, -0.15) is 12.6 Å². The van der Waals surface area contributed by atoms with E-state index in [1.54, 1.807) is 10.9 Å². The fourth-order valence-electron chi connectivity index (χ4n) is 4.81. The number of fused-ring (bicyclic) bond motifs is 1. The van der Waals surface area contributed by atoms with Crippen molar-refractivity contribution in [1.29, 1.82) is 0 Å². The highest BCUT2D eigenvalue weighted by molar-refractivity contribution is 8.00. The van der Waals surface area contributed by atoms with Gasteiger partial charge in [0.2, 0.25) is 11.8 Å². The third kappa shape index (κ3) is 6.92. The first-order valence-electron chi connectivity index (χ1n) is 13.5. The lowest BCUT2D eigenvalue weighted by atomic mass is 9.77. The lowest BCUT2D eigenvalue weighted by molar-refractivity contribution is -0.0371. The average molecular weight is 614 g/mol. The van der Waals surface area contributed by atoms with E-state index >= 15 is 0 Å². The maximum absolute atomic E-state index is 12.2. The van der Waals surface area contributed by atoms with Gasteiger partial charge < -0.3 is 14.1 Å². The van der Waals surface area contributed by atoms with Crippen LogP contribution in [0.2, 0.25) is 18.1 Å². The summed E-state index contributed by atoms with van der Waals surface area (Å²) in [6, 6.07) is 0. The van der Waals surface area contributed by atoms with Gasteiger partial charge in [0, 0.05) is 11.2 Å². The molecular formula is C26H42N4O5PS2Si+. The van der Waals surface area contributed by atoms with E-state index in [4.69, 9.17) is 42.6 Å². The van der Waals surface area contributed by atoms with Crippen LogP contribution >= 0.6 is 19.8 Å². The molecule has 0 spiro atoms. The van der Waals surface area contributed by atoms with Gasteiger partial charge in [0.1, 0.15) is 24.5 Å². The van der Waals surface area contributed by atoms with Gasteiger partial charge in [-0.3, -0.25) is 9.36 Å². The molecule has 0 amide bonds. The lowest BCUT2D eigenvalue weighted by Gasteiger charge is -2.38. The second-order valence-corrected chi connectivity index (χ2v) is 20.2. The zero-order chi connectivity index (χ0) is 28.8. The molecule has 2 aromatic rings. The van der Waals surface area contributed by atoms with E-state index in [0.717, 1.165) is 24.8 Å². The normalized spacial score (nSPS) is 30.6. The summed E-state index contributed by atoms with van der Waals surface area (Å²) in [5.41, 5.74) is 1.60. The van der Waals surface area contributed by atoms with Gasteiger partial charge in [0.15, 0.2) is 19.5 Å². The van der Waals surface area contributed by atoms with E-state index in [1.807, 2.05) is 0 Å². The van der Waals surface area contributed by atoms with Crippen LogP contribution in [-0.4, -0.2) is 57.5 Å². The fraction of sp³-hybridized carbons (Fsp3) is 0.731. The van der Waals surface area contributed by atoms with Crippen molar-refractivity contribution >= 4 is 51.1 Å². The highest BCUT2D eigenvalue weighted by Crippen LogP contribution is 2.47. The molecule has 1 unspecified atom stereocenters. The number of nitrogens with one attached hydrogen (secondary N) is 1. The Bertz CT molecular complexity index is 1280. The van der Waals surface area contributed by atoms with E-state index < -0.39 is 21.7 Å². The molecule has 13 heteroatoms. The van der Waals surface area contributed by atoms with Crippen LogP contribution in [-0.2, 0) is 30.0 Å². The van der Waals surface area contributed by atoms with Crippen molar-refractivity contribution in [3.8, 4) is 0 Å². The molecular weight excluding hydrogens is 572 g/mol. The molecule has 9 nitrogen and oxygen atoms in total. The Kier molecular flexibility index (Phi) is 9.30. The molecule has 1 aliphatic carbocycles. The summed E-state index contributed by atoms with van der Waals surface area (Å²) in [6.07, 6.45) is 4.99. The van der Waals surface area contributed by atoms with Gasteiger partial charge in [-0.1, -0.05) is 32.9 Å². The van der Waals surface area contributed by atoms with Gasteiger partial charge in [0.05, 0.1) is 19.3 Å². The zero-order valence-corrected chi connectivity index (χ0v) is 27.6. The van der Waals surface area contributed by atoms with E-state index in [0.29, 0.717) is 24.6 Å². The number of ether oxygens (including phenoxy) is 1. The Morgan fingerprint density at radius 2 is 2.08 bits per heavy atom. The summed E-state index contributed by atoms with van der Waals surface area (Å²) in [4.78, 5) is 23.4. The molecule has 7 atom stereocenters. The Hall–Kier alpha value is -0.983. The molecule has 0 radical (unpaired) electrons. The molecule has 1 aliphatic heterocycles. The number of aromatic nitrogens is 4. The molecule has 3 heterocycles. The predicted molar refractivity (Wildman–Crippen MR) is 163 cm³/mol. The Balaban J connectivity index is 1.52. The number of H-pyrrole nitrogens is 1. The Morgan fingerprint density at radius 3 is 2.74 bits per heavy atom. The highest BCUT2D eigenvalue weighted by atomic mass is 32.4. The molecule has 2 fully saturated rings. The lowest BCUT2D eigenvalue weighted by Crippen LogP contribution is -2.44. The maximum atomic E-state index is 12.2. The minimum absolute atomic E-state index is 0.0540. The van der Waals surface area contributed by atoms with Crippen LogP contribution in [0.15, 0.2) is 29.6 Å². The summed E-state index contributed by atoms with van der Waals surface area (Å²) in [7, 11) is -3.67. The first kappa shape index (κ1) is 31.0. The summed E-state index contributed by atoms with van der Waals surface area (Å²) in [5, 5.41) is 0.0540. The van der Waals surface area contributed by atoms with Crippen molar-refractivity contribution in [3.05, 3.63) is 35.2 Å². The first-order valence-corrected chi connectivity index (χ1v) is 19.0. The number of aromatic amines is 1. The number of hydrogen-bond donors (Lipinski definition) is 2. The van der Waals surface area contributed by atoms with Crippen molar-refractivity contribution in [2.75, 3.05) is 6.61 Å². The zero-order valence-electron chi connectivity index (χ0n) is 24.0. The molecule has 4 rings (SSSR count). The van der Waals surface area contributed by atoms with E-state index in [-0.39, 0.29) is 39.2 Å². The fourth-order valence-corrected chi connectivity index (χ4v) is 7.86. The third-order valence-electron chi connectivity index (χ3n) is 8.59. The first-order chi connectivity index (χ1) is 18.1. The molecule has 39 heavy (non-hydrogen) atoms. The largest absolute Gasteiger partial charge is 0.522 e. The molecule has 2 aromatic heterocycles. The number of allylic oxidation sites excluding steroid dienone is 1. The van der Waals surface area contributed by atoms with Gasteiger partial charge in [-0.25, -0.2) is 9.97 Å². The number of thiol groups is 1. The van der Waals surface area contributed by atoms with Crippen LogP contribution in [0.5, 0.6) is 0 Å². The maximum Gasteiger partial charge on any atom is 0.522 e. The van der Waals surface area contributed by atoms with Gasteiger partial charge in [-0.15, -0.1) is 9.05 Å². The summed E-state index contributed by atoms with van der Waals surface area (Å²) in [5.74, 6) is 0.392. The van der Waals surface area contributed by atoms with Gasteiger partial charge in [-0.05, 0) is 57.2 Å². The number of imidazole rings is 1. The monoisotopic (exact) mass is 613 g/mol. The van der Waals surface area contributed by atoms with Crippen molar-refractivity contribution in [3.63, 3.8) is 0 Å². The molecule has 1 saturated heterocycles. The van der Waals surface area contributed by atoms with E-state index in [9.17, 15) is 4.79 Å². The molecule has 216 valence electrons. The van der Waals surface area contributed by atoms with Crippen LogP contribution in [0, 0.1) is 5.92 Å². The number of hydrogen-bond acceptors (Lipinski definition) is 9. The second kappa shape index (κ2) is 11.7. The van der Waals surface area contributed by atoms with E-state index in [1.165, 1.54) is 6.33 Å². The van der Waals surface area contributed by atoms with Gasteiger partial charge in [0.25, 0.3) is 5.56 Å². The second-order valence-electron chi connectivity index (χ2n) is 12.6. The average Bonchev–Trinajstić information content (AvgIpc) is 3.43. The molecule has 1 saturated carbocycles. The number of rotatable bonds is 9. The minimum Gasteiger partial charge on any atom is -0.414 e. The molecule has 0 aromatic carbocycles. The molecule has 2 aliphatic rings. The quantitative estimate of drug-likeness (QED) is 0.153. The van der Waals surface area contributed by atoms with Crippen LogP contribution in [0.4, 0.5) is 0 Å². The Morgan fingerprint density at radius 1 is 1.36 bits per heavy atom. The minimum atomic E-state index is -2.04. The standard InChI is InChI=1S/C26H41N4O5PS2Si/c1-16(2)17-9-10-26(6,37)20(11-17)35-36(38)34-18-12-21(30-15-29-22-23(30)27-14-28-24(22)31)33-19(18)13-32-39(7,8)25(3,4)5/h14-15,17-21H,1,9-13H2,2-8H3,(H-,27,28,31,37)/p+1/t17-,18+,19-,20+,21-,26+/m1/s1. The molecule has 0 bridgehead atoms. The SMILES string of the molecule is C=C(C)[C@@H]1CC[C@](C)(S)[C@@H](O[P+](=S)O[C@H]2C[C@H](n3cnc4c(=O)[nH]cnc43)O[C@@H]2CO[Si](C)(C)C(C)(C)C)C1. The summed E-state index contributed by atoms with van der Waals surface area (Å²) < 4.78 is 27.3. The topological polar surface area (TPSA) is 100 Å². The third-order valence-corrected chi connectivity index (χ3v) is 15.0. The van der Waals surface area contributed by atoms with Crippen LogP contribution in [0.3, 0.4) is 0 Å². The Labute approximate surface area is 243 Å². The summed E-state index contributed by atoms with van der Waals surface area (Å²) in [6.45, 7) is 19.8. The van der Waals surface area contributed by atoms with E-state index in [2.05, 4.69) is 69.2 Å². The van der Waals surface area contributed by atoms with Crippen molar-refractivity contribution in [2.45, 2.75) is 108 Å². The smallest absolute Gasteiger partial charge is 0.414 e. The van der Waals surface area contributed by atoms with Crippen LogP contribution in [0.1, 0.15) is 66.5 Å². The summed E-state index contributed by atoms with van der Waals surface area (Å²) >= 11 is 10.7. The van der Waals surface area contributed by atoms with Crippen molar-refractivity contribution in [2.24, 2.45) is 5.92 Å². The number of nitrogens with zero attached hydrogens (tertiary/aromatic N) is 3. The van der Waals surface area contributed by atoms with Gasteiger partial charge >= 0.3 is 7.15 Å². The molecule has 1 N–H and O–H groups in total. The highest BCUT2D eigenvalue weighted by Gasteiger charge is 2.47. The van der Waals surface area contributed by atoms with Crippen molar-refractivity contribution < 1.29 is 18.2 Å². The van der Waals surface area contributed by atoms with Crippen LogP contribution in [0.25, 0.3) is 11.2 Å². The predicted octanol–water partition coefficient (Wildman–Crippen LogP) is 6.04. The van der Waals surface area contributed by atoms with Crippen LogP contribution < -0.4 is 5.56 Å².